The molecule has 0 bridgehead atoms. The van der Waals surface area contributed by atoms with Gasteiger partial charge in [0.15, 0.2) is 8.07 Å². The van der Waals surface area contributed by atoms with Gasteiger partial charge in [-0.3, -0.25) is 0 Å². The molecule has 0 atom stereocenters. The molecule has 2 heteroatoms. The molecule has 9 rings (SSSR count). The van der Waals surface area contributed by atoms with Crippen LogP contribution in [-0.4, -0.2) is 8.07 Å². The van der Waals surface area contributed by atoms with Crippen LogP contribution in [0.5, 0.6) is 0 Å². The second-order valence-electron chi connectivity index (χ2n) is 13.7. The summed E-state index contributed by atoms with van der Waals surface area (Å²) < 4.78 is 0. The molecule has 0 saturated carbocycles. The maximum Gasteiger partial charge on any atom is 0.179 e. The number of hydrogen-bond acceptors (Lipinski definition) is 1. The quantitative estimate of drug-likeness (QED) is 0.107. The summed E-state index contributed by atoms with van der Waals surface area (Å²) in [6.45, 7) is 0. The van der Waals surface area contributed by atoms with E-state index in [4.69, 9.17) is 0 Å². The second-order valence-corrected chi connectivity index (χ2v) is 17.5. The summed E-state index contributed by atoms with van der Waals surface area (Å²) in [4.78, 5) is 2.44. The first-order valence-electron chi connectivity index (χ1n) is 18.6. The van der Waals surface area contributed by atoms with Crippen LogP contribution in [0.25, 0.3) is 33.0 Å². The third-order valence-corrected chi connectivity index (χ3v) is 15.4. The van der Waals surface area contributed by atoms with Crippen LogP contribution in [-0.2, 0) is 0 Å². The molecule has 0 heterocycles. The standard InChI is InChI=1S/C52H39NSi/c1-6-20-41(21-7-1)50-31-18-32-51(42-22-8-2-9-23-42)52(50)53(44-25-10-3-11-26-44)45-34-37-48(38-35-45)54(46-27-12-4-13-28-46,47-29-14-5-15-30-47)49-36-33-40-19-16-17-24-43(40)39-49/h1-39H. The van der Waals surface area contributed by atoms with Crippen molar-refractivity contribution in [2.24, 2.45) is 0 Å². The number of nitrogens with zero attached hydrogens (tertiary/aromatic N) is 1. The fraction of sp³-hybridized carbons (Fsp3) is 0. The van der Waals surface area contributed by atoms with Gasteiger partial charge in [0.05, 0.1) is 5.69 Å². The van der Waals surface area contributed by atoms with Gasteiger partial charge in [-0.05, 0) is 66.9 Å². The van der Waals surface area contributed by atoms with Gasteiger partial charge < -0.3 is 4.90 Å². The molecule has 0 fully saturated rings. The van der Waals surface area contributed by atoms with Gasteiger partial charge in [0.25, 0.3) is 0 Å². The zero-order chi connectivity index (χ0) is 36.2. The Morgan fingerprint density at radius 2 is 0.685 bits per heavy atom. The molecule has 256 valence electrons. The second kappa shape index (κ2) is 14.7. The number of rotatable bonds is 9. The van der Waals surface area contributed by atoms with Crippen LogP contribution in [0.2, 0.25) is 0 Å². The molecule has 9 aromatic rings. The van der Waals surface area contributed by atoms with Crippen molar-refractivity contribution in [2.75, 3.05) is 4.90 Å². The van der Waals surface area contributed by atoms with E-state index in [1.54, 1.807) is 0 Å². The minimum Gasteiger partial charge on any atom is -0.309 e. The lowest BCUT2D eigenvalue weighted by molar-refractivity contribution is 1.28. The van der Waals surface area contributed by atoms with E-state index in [0.29, 0.717) is 0 Å². The summed E-state index contributed by atoms with van der Waals surface area (Å²) in [5.41, 5.74) is 8.08. The minimum absolute atomic E-state index is 1.10. The predicted molar refractivity (Wildman–Crippen MR) is 233 cm³/mol. The first-order chi connectivity index (χ1) is 26.8. The van der Waals surface area contributed by atoms with Gasteiger partial charge in [-0.2, -0.15) is 0 Å². The normalized spacial score (nSPS) is 11.3. The molecule has 0 saturated heterocycles. The van der Waals surface area contributed by atoms with E-state index in [0.717, 1.165) is 17.1 Å². The van der Waals surface area contributed by atoms with Gasteiger partial charge in [0.2, 0.25) is 0 Å². The highest BCUT2D eigenvalue weighted by molar-refractivity contribution is 7.20. The van der Waals surface area contributed by atoms with Crippen molar-refractivity contribution in [3.05, 3.63) is 237 Å². The van der Waals surface area contributed by atoms with E-state index in [1.165, 1.54) is 53.8 Å². The molecule has 0 aliphatic rings. The molecule has 54 heavy (non-hydrogen) atoms. The summed E-state index contributed by atoms with van der Waals surface area (Å²) in [5, 5.41) is 7.94. The van der Waals surface area contributed by atoms with Gasteiger partial charge in [-0.15, -0.1) is 0 Å². The maximum atomic E-state index is 2.44. The number of benzene rings is 9. The third-order valence-electron chi connectivity index (χ3n) is 10.6. The Morgan fingerprint density at radius 3 is 1.22 bits per heavy atom. The average molecular weight is 706 g/mol. The van der Waals surface area contributed by atoms with Crippen LogP contribution in [0.4, 0.5) is 17.1 Å². The van der Waals surface area contributed by atoms with Crippen molar-refractivity contribution < 1.29 is 0 Å². The molecule has 1 nitrogen and oxygen atoms in total. The van der Waals surface area contributed by atoms with Crippen LogP contribution in [0, 0.1) is 0 Å². The van der Waals surface area contributed by atoms with E-state index in [1.807, 2.05) is 0 Å². The highest BCUT2D eigenvalue weighted by atomic mass is 28.3. The zero-order valence-electron chi connectivity index (χ0n) is 30.0. The van der Waals surface area contributed by atoms with Gasteiger partial charge in [0, 0.05) is 22.5 Å². The predicted octanol–water partition coefficient (Wildman–Crippen LogP) is 11.0. The van der Waals surface area contributed by atoms with E-state index in [9.17, 15) is 0 Å². The van der Waals surface area contributed by atoms with E-state index >= 15 is 0 Å². The summed E-state index contributed by atoms with van der Waals surface area (Å²) in [6, 6.07) is 86.7. The molecule has 0 unspecified atom stereocenters. The number of fused-ring (bicyclic) bond motifs is 1. The topological polar surface area (TPSA) is 3.24 Å². The largest absolute Gasteiger partial charge is 0.309 e. The number of para-hydroxylation sites is 2. The van der Waals surface area contributed by atoms with Gasteiger partial charge in [-0.1, -0.05) is 212 Å². The zero-order valence-corrected chi connectivity index (χ0v) is 31.0. The molecule has 0 radical (unpaired) electrons. The summed E-state index contributed by atoms with van der Waals surface area (Å²) in [6.07, 6.45) is 0. The molecule has 0 amide bonds. The van der Waals surface area contributed by atoms with Crippen LogP contribution < -0.4 is 25.6 Å². The van der Waals surface area contributed by atoms with Gasteiger partial charge >= 0.3 is 0 Å². The Bertz CT molecular complexity index is 2530. The van der Waals surface area contributed by atoms with E-state index < -0.39 is 8.07 Å². The average Bonchev–Trinajstić information content (AvgIpc) is 3.26. The summed E-state index contributed by atoms with van der Waals surface area (Å²) in [7, 11) is -2.78. The fourth-order valence-electron chi connectivity index (χ4n) is 8.13. The van der Waals surface area contributed by atoms with Crippen LogP contribution in [0.15, 0.2) is 237 Å². The monoisotopic (exact) mass is 705 g/mol. The van der Waals surface area contributed by atoms with Crippen LogP contribution in [0.1, 0.15) is 0 Å². The van der Waals surface area contributed by atoms with Crippen molar-refractivity contribution >= 4 is 56.7 Å². The molecular weight excluding hydrogens is 667 g/mol. The molecule has 0 N–H and O–H groups in total. The molecular formula is C52H39NSi. The van der Waals surface area contributed by atoms with Crippen molar-refractivity contribution in [1.29, 1.82) is 0 Å². The minimum atomic E-state index is -2.78. The van der Waals surface area contributed by atoms with Crippen molar-refractivity contribution in [3.8, 4) is 22.3 Å². The number of anilines is 3. The lowest BCUT2D eigenvalue weighted by Gasteiger charge is -2.35. The molecule has 9 aromatic carbocycles. The molecule has 0 aliphatic carbocycles. The number of hydrogen-bond donors (Lipinski definition) is 0. The smallest absolute Gasteiger partial charge is 0.179 e. The highest BCUT2D eigenvalue weighted by Crippen LogP contribution is 2.46. The molecule has 0 spiro atoms. The SMILES string of the molecule is c1ccc(-c2cccc(-c3ccccc3)c2N(c2ccccc2)c2ccc([Si](c3ccccc3)(c3ccccc3)c3ccc4ccccc4c3)cc2)cc1. The Balaban J connectivity index is 1.30. The lowest BCUT2D eigenvalue weighted by atomic mass is 9.94. The van der Waals surface area contributed by atoms with E-state index in [-0.39, 0.29) is 0 Å². The van der Waals surface area contributed by atoms with Crippen molar-refractivity contribution in [2.45, 2.75) is 0 Å². The Kier molecular flexibility index (Phi) is 9.02. The highest BCUT2D eigenvalue weighted by Gasteiger charge is 2.41. The van der Waals surface area contributed by atoms with E-state index in [2.05, 4.69) is 241 Å². The van der Waals surface area contributed by atoms with Gasteiger partial charge in [0.1, 0.15) is 0 Å². The van der Waals surface area contributed by atoms with Crippen molar-refractivity contribution in [3.63, 3.8) is 0 Å². The Hall–Kier alpha value is -6.74. The van der Waals surface area contributed by atoms with Crippen LogP contribution in [0.3, 0.4) is 0 Å². The lowest BCUT2D eigenvalue weighted by Crippen LogP contribution is -2.74. The molecule has 0 aromatic heterocycles. The first kappa shape index (κ1) is 33.1. The van der Waals surface area contributed by atoms with Crippen molar-refractivity contribution in [1.82, 2.24) is 0 Å². The van der Waals surface area contributed by atoms with Crippen LogP contribution >= 0.6 is 0 Å². The Labute approximate surface area is 319 Å². The summed E-state index contributed by atoms with van der Waals surface area (Å²) in [5.74, 6) is 0. The fourth-order valence-corrected chi connectivity index (χ4v) is 12.9. The Morgan fingerprint density at radius 1 is 0.278 bits per heavy atom. The van der Waals surface area contributed by atoms with Gasteiger partial charge in [-0.25, -0.2) is 0 Å². The summed E-state index contributed by atoms with van der Waals surface area (Å²) >= 11 is 0. The third kappa shape index (κ3) is 6.03. The first-order valence-corrected chi connectivity index (χ1v) is 20.6. The maximum absolute atomic E-state index is 2.78. The molecule has 0 aliphatic heterocycles.